The fourth-order valence-corrected chi connectivity index (χ4v) is 2.81. The summed E-state index contributed by atoms with van der Waals surface area (Å²) >= 11 is 1.76. The van der Waals surface area contributed by atoms with Crippen LogP contribution in [0.1, 0.15) is 50.7 Å². The smallest absolute Gasteiger partial charge is 0.107 e. The third-order valence-electron chi connectivity index (χ3n) is 2.92. The van der Waals surface area contributed by atoms with Crippen molar-refractivity contribution in [2.75, 3.05) is 20.2 Å². The second-order valence-corrected chi connectivity index (χ2v) is 6.84. The van der Waals surface area contributed by atoms with Crippen LogP contribution in [0.2, 0.25) is 0 Å². The van der Waals surface area contributed by atoms with Gasteiger partial charge in [0.05, 0.1) is 12.2 Å². The number of aromatic nitrogens is 1. The van der Waals surface area contributed by atoms with Crippen LogP contribution in [-0.4, -0.2) is 35.2 Å². The van der Waals surface area contributed by atoms with Crippen LogP contribution in [0, 0.1) is 0 Å². The van der Waals surface area contributed by atoms with E-state index in [-0.39, 0.29) is 5.41 Å². The summed E-state index contributed by atoms with van der Waals surface area (Å²) in [5.41, 5.74) is 1.34. The molecule has 0 spiro atoms. The van der Waals surface area contributed by atoms with Crippen LogP contribution in [0.25, 0.3) is 0 Å². The minimum Gasteiger partial charge on any atom is -0.396 e. The van der Waals surface area contributed by atoms with Gasteiger partial charge in [0.25, 0.3) is 0 Å². The molecular weight excluding hydrogens is 244 g/mol. The Labute approximate surface area is 115 Å². The first-order valence-electron chi connectivity index (χ1n) is 6.68. The fraction of sp³-hybridized carbons (Fsp3) is 0.786. The van der Waals surface area contributed by atoms with Gasteiger partial charge in [-0.3, -0.25) is 4.90 Å². The molecule has 1 aromatic heterocycles. The van der Waals surface area contributed by atoms with Crippen molar-refractivity contribution in [3.8, 4) is 0 Å². The van der Waals surface area contributed by atoms with E-state index in [1.165, 1.54) is 10.7 Å². The summed E-state index contributed by atoms with van der Waals surface area (Å²) in [6.07, 6.45) is 3.17. The maximum atomic E-state index is 8.72. The maximum absolute atomic E-state index is 8.72. The lowest BCUT2D eigenvalue weighted by molar-refractivity contribution is 0.271. The molecule has 18 heavy (non-hydrogen) atoms. The van der Waals surface area contributed by atoms with Crippen LogP contribution in [-0.2, 0) is 12.0 Å². The Morgan fingerprint density at radius 3 is 2.56 bits per heavy atom. The number of rotatable bonds is 7. The van der Waals surface area contributed by atoms with Gasteiger partial charge in [-0.25, -0.2) is 4.98 Å². The van der Waals surface area contributed by atoms with Crippen LogP contribution in [0.15, 0.2) is 5.38 Å². The quantitative estimate of drug-likeness (QED) is 0.774. The van der Waals surface area contributed by atoms with Crippen molar-refractivity contribution < 1.29 is 5.11 Å². The van der Waals surface area contributed by atoms with Gasteiger partial charge in [0, 0.05) is 17.4 Å². The molecule has 0 aromatic carbocycles. The zero-order valence-corrected chi connectivity index (χ0v) is 12.9. The van der Waals surface area contributed by atoms with Gasteiger partial charge >= 0.3 is 0 Å². The van der Waals surface area contributed by atoms with Gasteiger partial charge in [0.2, 0.25) is 0 Å². The Kier molecular flexibility index (Phi) is 6.26. The zero-order chi connectivity index (χ0) is 13.6. The second kappa shape index (κ2) is 7.22. The van der Waals surface area contributed by atoms with E-state index in [0.717, 1.165) is 32.4 Å². The SMILES string of the molecule is CN(CCCCCO)Cc1nc(C(C)(C)C)cs1. The van der Waals surface area contributed by atoms with Crippen molar-refractivity contribution in [3.63, 3.8) is 0 Å². The Hall–Kier alpha value is -0.450. The summed E-state index contributed by atoms with van der Waals surface area (Å²) < 4.78 is 0. The van der Waals surface area contributed by atoms with Crippen molar-refractivity contribution >= 4 is 11.3 Å². The fourth-order valence-electron chi connectivity index (χ4n) is 1.71. The van der Waals surface area contributed by atoms with Crippen LogP contribution in [0.4, 0.5) is 0 Å². The minimum atomic E-state index is 0.147. The van der Waals surface area contributed by atoms with Gasteiger partial charge < -0.3 is 5.11 Å². The molecule has 3 nitrogen and oxygen atoms in total. The molecule has 0 saturated heterocycles. The average Bonchev–Trinajstić information content (AvgIpc) is 2.72. The van der Waals surface area contributed by atoms with Crippen molar-refractivity contribution in [2.24, 2.45) is 0 Å². The van der Waals surface area contributed by atoms with Crippen LogP contribution >= 0.6 is 11.3 Å². The number of aliphatic hydroxyl groups is 1. The Bertz CT molecular complexity index is 344. The van der Waals surface area contributed by atoms with Crippen LogP contribution in [0.3, 0.4) is 0 Å². The standard InChI is InChI=1S/C14H26N2OS/c1-14(2,3)12-11-18-13(15-12)10-16(4)8-6-5-7-9-17/h11,17H,5-10H2,1-4H3. The molecule has 0 saturated carbocycles. The molecule has 1 N–H and O–H groups in total. The maximum Gasteiger partial charge on any atom is 0.107 e. The molecule has 0 atom stereocenters. The number of aliphatic hydroxyl groups excluding tert-OH is 1. The van der Waals surface area contributed by atoms with E-state index >= 15 is 0 Å². The molecule has 104 valence electrons. The normalized spacial score (nSPS) is 12.3. The Morgan fingerprint density at radius 1 is 1.28 bits per heavy atom. The highest BCUT2D eigenvalue weighted by Gasteiger charge is 2.17. The summed E-state index contributed by atoms with van der Waals surface area (Å²) in [4.78, 5) is 7.01. The van der Waals surface area contributed by atoms with E-state index in [0.29, 0.717) is 6.61 Å². The average molecular weight is 270 g/mol. The molecule has 0 radical (unpaired) electrons. The lowest BCUT2D eigenvalue weighted by Gasteiger charge is -2.16. The molecule has 0 fully saturated rings. The Morgan fingerprint density at radius 2 is 2.00 bits per heavy atom. The van der Waals surface area contributed by atoms with Crippen molar-refractivity contribution in [1.82, 2.24) is 9.88 Å². The topological polar surface area (TPSA) is 36.4 Å². The van der Waals surface area contributed by atoms with Crippen LogP contribution in [0.5, 0.6) is 0 Å². The molecule has 0 aliphatic carbocycles. The van der Waals surface area contributed by atoms with Gasteiger partial charge in [-0.1, -0.05) is 20.8 Å². The molecule has 4 heteroatoms. The van der Waals surface area contributed by atoms with E-state index in [4.69, 9.17) is 10.1 Å². The predicted octanol–water partition coefficient (Wildman–Crippen LogP) is 3.04. The molecule has 0 unspecified atom stereocenters. The number of nitrogens with zero attached hydrogens (tertiary/aromatic N) is 2. The van der Waals surface area contributed by atoms with E-state index in [2.05, 4.69) is 38.1 Å². The molecule has 1 aromatic rings. The Balaban J connectivity index is 2.35. The lowest BCUT2D eigenvalue weighted by atomic mass is 9.93. The first kappa shape index (κ1) is 15.6. The van der Waals surface area contributed by atoms with E-state index in [9.17, 15) is 0 Å². The molecule has 0 amide bonds. The highest BCUT2D eigenvalue weighted by atomic mass is 32.1. The predicted molar refractivity (Wildman–Crippen MR) is 78.1 cm³/mol. The molecular formula is C14H26N2OS. The molecule has 1 rings (SSSR count). The van der Waals surface area contributed by atoms with Crippen molar-refractivity contribution in [3.05, 3.63) is 16.1 Å². The second-order valence-electron chi connectivity index (χ2n) is 5.90. The summed E-state index contributed by atoms with van der Waals surface area (Å²) in [5, 5.41) is 12.1. The first-order chi connectivity index (χ1) is 8.43. The summed E-state index contributed by atoms with van der Waals surface area (Å²) in [7, 11) is 2.14. The van der Waals surface area contributed by atoms with Crippen molar-refractivity contribution in [1.29, 1.82) is 0 Å². The molecule has 0 aliphatic heterocycles. The van der Waals surface area contributed by atoms with Gasteiger partial charge in [0.15, 0.2) is 0 Å². The number of hydrogen-bond donors (Lipinski definition) is 1. The highest BCUT2D eigenvalue weighted by Crippen LogP contribution is 2.24. The zero-order valence-electron chi connectivity index (χ0n) is 12.1. The van der Waals surface area contributed by atoms with E-state index in [1.54, 1.807) is 11.3 Å². The summed E-state index contributed by atoms with van der Waals surface area (Å²) in [6, 6.07) is 0. The van der Waals surface area contributed by atoms with Gasteiger partial charge in [-0.15, -0.1) is 11.3 Å². The minimum absolute atomic E-state index is 0.147. The van der Waals surface area contributed by atoms with E-state index < -0.39 is 0 Å². The molecule has 0 bridgehead atoms. The molecule has 1 heterocycles. The summed E-state index contributed by atoms with van der Waals surface area (Å²) in [5.74, 6) is 0. The van der Waals surface area contributed by atoms with Crippen LogP contribution < -0.4 is 0 Å². The largest absolute Gasteiger partial charge is 0.396 e. The monoisotopic (exact) mass is 270 g/mol. The van der Waals surface area contributed by atoms with Gasteiger partial charge in [-0.2, -0.15) is 0 Å². The number of unbranched alkanes of at least 4 members (excludes halogenated alkanes) is 2. The van der Waals surface area contributed by atoms with Crippen molar-refractivity contribution in [2.45, 2.75) is 52.0 Å². The van der Waals surface area contributed by atoms with Gasteiger partial charge in [-0.05, 0) is 32.9 Å². The third-order valence-corrected chi connectivity index (χ3v) is 3.76. The van der Waals surface area contributed by atoms with Gasteiger partial charge in [0.1, 0.15) is 5.01 Å². The highest BCUT2D eigenvalue weighted by molar-refractivity contribution is 7.09. The molecule has 0 aliphatic rings. The number of thiazole rings is 1. The first-order valence-corrected chi connectivity index (χ1v) is 7.55. The lowest BCUT2D eigenvalue weighted by Crippen LogP contribution is -2.19. The number of hydrogen-bond acceptors (Lipinski definition) is 4. The van der Waals surface area contributed by atoms with E-state index in [1.807, 2.05) is 0 Å². The third kappa shape index (κ3) is 5.46. The summed E-state index contributed by atoms with van der Waals surface area (Å²) in [6.45, 7) is 8.91.